The molecule has 3 fully saturated rings. The van der Waals surface area contributed by atoms with Gasteiger partial charge in [-0.1, -0.05) is 0 Å². The fourth-order valence-electron chi connectivity index (χ4n) is 5.63. The molecule has 9 heteroatoms. The Morgan fingerprint density at radius 3 is 2.91 bits per heavy atom. The van der Waals surface area contributed by atoms with E-state index in [1.54, 1.807) is 30.5 Å². The number of carbonyl (C=O) groups excluding carboxylic acids is 3. The van der Waals surface area contributed by atoms with Gasteiger partial charge in [0.2, 0.25) is 11.8 Å². The number of carbonyl (C=O) groups is 3. The average molecular weight is 454 g/mol. The van der Waals surface area contributed by atoms with Crippen LogP contribution in [0.25, 0.3) is 10.9 Å². The second-order valence-electron chi connectivity index (χ2n) is 9.78. The lowest BCUT2D eigenvalue weighted by Gasteiger charge is -2.35. The van der Waals surface area contributed by atoms with Gasteiger partial charge < -0.3 is 24.8 Å². The second kappa shape index (κ2) is 8.78. The summed E-state index contributed by atoms with van der Waals surface area (Å²) in [5.41, 5.74) is 1.36. The summed E-state index contributed by atoms with van der Waals surface area (Å²) in [7, 11) is 1.79. The van der Waals surface area contributed by atoms with Gasteiger partial charge in [0.15, 0.2) is 0 Å². The Hall–Kier alpha value is -2.94. The molecule has 5 rings (SSSR count). The van der Waals surface area contributed by atoms with Crippen molar-refractivity contribution < 1.29 is 19.1 Å². The summed E-state index contributed by atoms with van der Waals surface area (Å²) in [6, 6.07) is 1.78. The van der Waals surface area contributed by atoms with Gasteiger partial charge in [0.1, 0.15) is 0 Å². The van der Waals surface area contributed by atoms with E-state index in [1.165, 1.54) is 0 Å². The number of amides is 3. The number of nitrogens with one attached hydrogen (secondary N) is 2. The molecule has 1 spiro atoms. The topological polar surface area (TPSA) is 108 Å². The molecule has 0 aromatic carbocycles. The molecule has 9 nitrogen and oxygen atoms in total. The predicted octanol–water partition coefficient (Wildman–Crippen LogP) is 1.56. The Morgan fingerprint density at radius 1 is 1.30 bits per heavy atom. The Kier molecular flexibility index (Phi) is 5.82. The lowest BCUT2D eigenvalue weighted by atomic mass is 9.78. The molecule has 3 aliphatic heterocycles. The molecule has 0 saturated carbocycles. The molecule has 176 valence electrons. The highest BCUT2D eigenvalue weighted by molar-refractivity contribution is 6.05. The zero-order valence-corrected chi connectivity index (χ0v) is 19.0. The van der Waals surface area contributed by atoms with E-state index in [1.807, 2.05) is 11.0 Å². The summed E-state index contributed by atoms with van der Waals surface area (Å²) in [6.45, 7) is 3.07. The molecule has 33 heavy (non-hydrogen) atoms. The molecule has 3 amide bonds. The SMILES string of the molecule is CN1CCC(C(=O)N2CC3(CCOCC3)CC2CNC(=O)c2cncc3[nH]ccc23)CC1=O. The number of ether oxygens (including phenoxy) is 1. The van der Waals surface area contributed by atoms with E-state index in [-0.39, 0.29) is 41.5 Å². The van der Waals surface area contributed by atoms with Crippen molar-refractivity contribution in [3.05, 3.63) is 30.2 Å². The van der Waals surface area contributed by atoms with Crippen molar-refractivity contribution in [1.82, 2.24) is 25.1 Å². The molecular formula is C24H31N5O4. The zero-order chi connectivity index (χ0) is 23.0. The van der Waals surface area contributed by atoms with E-state index in [4.69, 9.17) is 4.74 Å². The van der Waals surface area contributed by atoms with Crippen LogP contribution in [0, 0.1) is 11.3 Å². The van der Waals surface area contributed by atoms with E-state index < -0.39 is 0 Å². The third kappa shape index (κ3) is 4.21. The number of pyridine rings is 1. The van der Waals surface area contributed by atoms with Crippen LogP contribution in [0.5, 0.6) is 0 Å². The second-order valence-corrected chi connectivity index (χ2v) is 9.78. The van der Waals surface area contributed by atoms with Gasteiger partial charge in [-0.15, -0.1) is 0 Å². The zero-order valence-electron chi connectivity index (χ0n) is 19.0. The third-order valence-electron chi connectivity index (χ3n) is 7.68. The van der Waals surface area contributed by atoms with Crippen LogP contribution in [0.1, 0.15) is 42.5 Å². The van der Waals surface area contributed by atoms with E-state index in [0.29, 0.717) is 44.8 Å². The molecule has 3 aliphatic rings. The van der Waals surface area contributed by atoms with Crippen molar-refractivity contribution >= 4 is 28.6 Å². The number of likely N-dealkylation sites (tertiary alicyclic amines) is 2. The monoisotopic (exact) mass is 453 g/mol. The fraction of sp³-hybridized carbons (Fsp3) is 0.583. The maximum absolute atomic E-state index is 13.5. The number of aromatic amines is 1. The van der Waals surface area contributed by atoms with Gasteiger partial charge in [-0.3, -0.25) is 19.4 Å². The van der Waals surface area contributed by atoms with Crippen molar-refractivity contribution in [2.75, 3.05) is 39.9 Å². The summed E-state index contributed by atoms with van der Waals surface area (Å²) in [6.07, 6.45) is 8.69. The number of hydrogen-bond acceptors (Lipinski definition) is 5. The molecule has 5 heterocycles. The van der Waals surface area contributed by atoms with Gasteiger partial charge in [-0.05, 0) is 37.2 Å². The van der Waals surface area contributed by atoms with E-state index in [0.717, 1.165) is 30.2 Å². The van der Waals surface area contributed by atoms with Gasteiger partial charge in [0.05, 0.1) is 17.3 Å². The standard InChI is InChI=1S/C24H31N5O4/c1-28-7-3-16(10-21(28)30)23(32)29-15-24(4-8-33-9-5-24)11-17(29)12-27-22(31)19-13-25-14-20-18(19)2-6-26-20/h2,6,13-14,16-17,26H,3-5,7-12,15H2,1H3,(H,27,31). The lowest BCUT2D eigenvalue weighted by Crippen LogP contribution is -2.48. The number of piperidine rings is 1. The Bertz CT molecular complexity index is 1060. The van der Waals surface area contributed by atoms with Gasteiger partial charge in [-0.25, -0.2) is 0 Å². The Labute approximate surface area is 192 Å². The highest BCUT2D eigenvalue weighted by Gasteiger charge is 2.48. The molecule has 2 N–H and O–H groups in total. The fourth-order valence-corrected chi connectivity index (χ4v) is 5.63. The van der Waals surface area contributed by atoms with Crippen LogP contribution >= 0.6 is 0 Å². The first-order valence-corrected chi connectivity index (χ1v) is 11.8. The smallest absolute Gasteiger partial charge is 0.253 e. The van der Waals surface area contributed by atoms with Gasteiger partial charge in [0, 0.05) is 76.1 Å². The summed E-state index contributed by atoms with van der Waals surface area (Å²) in [4.78, 5) is 49.7. The van der Waals surface area contributed by atoms with Crippen molar-refractivity contribution in [3.8, 4) is 0 Å². The first-order valence-electron chi connectivity index (χ1n) is 11.8. The van der Waals surface area contributed by atoms with Crippen LogP contribution in [0.2, 0.25) is 0 Å². The number of hydrogen-bond donors (Lipinski definition) is 2. The van der Waals surface area contributed by atoms with Gasteiger partial charge in [-0.2, -0.15) is 0 Å². The summed E-state index contributed by atoms with van der Waals surface area (Å²) in [5, 5.41) is 3.88. The largest absolute Gasteiger partial charge is 0.381 e. The van der Waals surface area contributed by atoms with E-state index in [2.05, 4.69) is 15.3 Å². The van der Waals surface area contributed by atoms with Crippen LogP contribution in [0.4, 0.5) is 0 Å². The van der Waals surface area contributed by atoms with Crippen LogP contribution < -0.4 is 5.32 Å². The van der Waals surface area contributed by atoms with Crippen LogP contribution in [-0.2, 0) is 14.3 Å². The lowest BCUT2D eigenvalue weighted by molar-refractivity contribution is -0.145. The molecule has 2 unspecified atom stereocenters. The first kappa shape index (κ1) is 21.9. The Morgan fingerprint density at radius 2 is 2.12 bits per heavy atom. The van der Waals surface area contributed by atoms with Crippen LogP contribution in [0.15, 0.2) is 24.7 Å². The minimum atomic E-state index is -0.278. The quantitative estimate of drug-likeness (QED) is 0.731. The minimum absolute atomic E-state index is 0.0246. The third-order valence-corrected chi connectivity index (χ3v) is 7.68. The molecular weight excluding hydrogens is 422 g/mol. The molecule has 3 saturated heterocycles. The highest BCUT2D eigenvalue weighted by atomic mass is 16.5. The summed E-state index contributed by atoms with van der Waals surface area (Å²) >= 11 is 0. The van der Waals surface area contributed by atoms with E-state index >= 15 is 0 Å². The molecule has 0 aliphatic carbocycles. The molecule has 2 aromatic rings. The average Bonchev–Trinajstić information content (AvgIpc) is 3.44. The van der Waals surface area contributed by atoms with Crippen LogP contribution in [0.3, 0.4) is 0 Å². The van der Waals surface area contributed by atoms with E-state index in [9.17, 15) is 14.4 Å². The summed E-state index contributed by atoms with van der Waals surface area (Å²) in [5.74, 6) is -0.396. The van der Waals surface area contributed by atoms with Crippen molar-refractivity contribution in [2.24, 2.45) is 11.3 Å². The number of rotatable bonds is 4. The Balaban J connectivity index is 1.32. The van der Waals surface area contributed by atoms with Crippen molar-refractivity contribution in [3.63, 3.8) is 0 Å². The van der Waals surface area contributed by atoms with Gasteiger partial charge >= 0.3 is 0 Å². The number of aromatic nitrogens is 2. The van der Waals surface area contributed by atoms with Crippen LogP contribution in [-0.4, -0.2) is 83.4 Å². The van der Waals surface area contributed by atoms with Crippen molar-refractivity contribution in [1.29, 1.82) is 0 Å². The molecule has 2 atom stereocenters. The number of nitrogens with zero attached hydrogens (tertiary/aromatic N) is 3. The first-order chi connectivity index (χ1) is 16.0. The molecule has 0 radical (unpaired) electrons. The van der Waals surface area contributed by atoms with Crippen molar-refractivity contribution in [2.45, 2.75) is 38.1 Å². The number of fused-ring (bicyclic) bond motifs is 1. The normalized spacial score (nSPS) is 25.1. The maximum atomic E-state index is 13.5. The van der Waals surface area contributed by atoms with Gasteiger partial charge in [0.25, 0.3) is 5.91 Å². The predicted molar refractivity (Wildman–Crippen MR) is 121 cm³/mol. The minimum Gasteiger partial charge on any atom is -0.381 e. The maximum Gasteiger partial charge on any atom is 0.253 e. The molecule has 2 aromatic heterocycles. The summed E-state index contributed by atoms with van der Waals surface area (Å²) < 4.78 is 5.59. The molecule has 0 bridgehead atoms. The highest BCUT2D eigenvalue weighted by Crippen LogP contribution is 2.43. The number of H-pyrrole nitrogens is 1.